The fourth-order valence-electron chi connectivity index (χ4n) is 1.51. The van der Waals surface area contributed by atoms with Crippen molar-refractivity contribution in [1.82, 2.24) is 0 Å². The molecule has 1 unspecified atom stereocenters. The number of esters is 1. The normalized spacial score (nSPS) is 13.6. The number of rotatable bonds is 7. The first-order valence-corrected chi connectivity index (χ1v) is 7.85. The second-order valence-electron chi connectivity index (χ2n) is 4.00. The summed E-state index contributed by atoms with van der Waals surface area (Å²) in [6.07, 6.45) is 0.234. The lowest BCUT2D eigenvalue weighted by molar-refractivity contribution is -0.146. The molecule has 0 radical (unpaired) electrons. The van der Waals surface area contributed by atoms with Crippen LogP contribution in [0.15, 0.2) is 42.5 Å². The van der Waals surface area contributed by atoms with E-state index in [0.29, 0.717) is 5.57 Å². The third-order valence-electron chi connectivity index (χ3n) is 2.64. The van der Waals surface area contributed by atoms with Crippen molar-refractivity contribution in [3.8, 4) is 0 Å². The Kier molecular flexibility index (Phi) is 5.90. The average molecular weight is 281 g/mol. The average Bonchev–Trinajstić information content (AvgIpc) is 2.44. The van der Waals surface area contributed by atoms with Crippen LogP contribution < -0.4 is 10.9 Å². The number of benzene rings is 1. The molecule has 0 saturated carbocycles. The minimum Gasteiger partial charge on any atom is -0.436 e. The van der Waals surface area contributed by atoms with Gasteiger partial charge in [0.1, 0.15) is 0 Å². The topological polar surface area (TPSA) is 70.8 Å². The molecule has 1 aromatic rings. The Hall–Kier alpha value is -1.47. The SMILES string of the molecule is C=C(C)C(=O)OCO[Si](CN)(OC)c1ccccc1. The van der Waals surface area contributed by atoms with Crippen LogP contribution >= 0.6 is 0 Å². The highest BCUT2D eigenvalue weighted by atomic mass is 28.4. The third-order valence-corrected chi connectivity index (χ3v) is 5.64. The number of carbonyl (C=O) groups is 1. The van der Waals surface area contributed by atoms with E-state index < -0.39 is 14.5 Å². The van der Waals surface area contributed by atoms with Crippen molar-refractivity contribution in [2.75, 3.05) is 20.1 Å². The van der Waals surface area contributed by atoms with E-state index in [4.69, 9.17) is 19.3 Å². The van der Waals surface area contributed by atoms with Gasteiger partial charge in [-0.3, -0.25) is 0 Å². The first kappa shape index (κ1) is 15.6. The lowest BCUT2D eigenvalue weighted by Crippen LogP contribution is -2.59. The summed E-state index contributed by atoms with van der Waals surface area (Å²) in [4.78, 5) is 11.3. The Morgan fingerprint density at radius 2 is 2.00 bits per heavy atom. The van der Waals surface area contributed by atoms with Gasteiger partial charge in [0.15, 0.2) is 6.79 Å². The number of hydrogen-bond donors (Lipinski definition) is 1. The largest absolute Gasteiger partial charge is 0.436 e. The van der Waals surface area contributed by atoms with E-state index in [0.717, 1.165) is 5.19 Å². The van der Waals surface area contributed by atoms with Crippen LogP contribution in [0.2, 0.25) is 0 Å². The van der Waals surface area contributed by atoms with Gasteiger partial charge in [-0.1, -0.05) is 36.9 Å². The number of nitrogens with two attached hydrogens (primary N) is 1. The molecule has 0 bridgehead atoms. The van der Waals surface area contributed by atoms with Crippen LogP contribution in [0, 0.1) is 0 Å². The molecule has 0 spiro atoms. The maximum Gasteiger partial charge on any atom is 0.388 e. The molecular weight excluding hydrogens is 262 g/mol. The Morgan fingerprint density at radius 1 is 1.37 bits per heavy atom. The van der Waals surface area contributed by atoms with Crippen molar-refractivity contribution in [3.05, 3.63) is 42.5 Å². The van der Waals surface area contributed by atoms with E-state index in [1.54, 1.807) is 14.0 Å². The standard InChI is InChI=1S/C13H19NO4Si/c1-11(2)13(15)17-10-18-19(9-14,16-3)12-7-5-4-6-8-12/h4-8H,1,9-10,14H2,2-3H3. The van der Waals surface area contributed by atoms with Crippen molar-refractivity contribution in [2.45, 2.75) is 6.92 Å². The Bertz CT molecular complexity index is 432. The summed E-state index contributed by atoms with van der Waals surface area (Å²) in [7, 11) is -1.20. The third kappa shape index (κ3) is 4.00. The van der Waals surface area contributed by atoms with Crippen LogP contribution in [-0.4, -0.2) is 34.6 Å². The maximum atomic E-state index is 11.3. The van der Waals surface area contributed by atoms with Crippen LogP contribution in [0.25, 0.3) is 0 Å². The Balaban J connectivity index is 2.73. The fraction of sp³-hybridized carbons (Fsp3) is 0.308. The number of hydrogen-bond acceptors (Lipinski definition) is 5. The molecule has 5 nitrogen and oxygen atoms in total. The van der Waals surface area contributed by atoms with Gasteiger partial charge in [0.2, 0.25) is 0 Å². The van der Waals surface area contributed by atoms with Gasteiger partial charge < -0.3 is 19.3 Å². The predicted octanol–water partition coefficient (Wildman–Crippen LogP) is 0.574. The number of ether oxygens (including phenoxy) is 1. The maximum absolute atomic E-state index is 11.3. The molecule has 2 N–H and O–H groups in total. The van der Waals surface area contributed by atoms with Gasteiger partial charge in [-0.15, -0.1) is 0 Å². The molecule has 0 heterocycles. The van der Waals surface area contributed by atoms with Gasteiger partial charge in [0.25, 0.3) is 0 Å². The molecule has 1 aromatic carbocycles. The quantitative estimate of drug-likeness (QED) is 0.342. The van der Waals surface area contributed by atoms with E-state index in [9.17, 15) is 4.79 Å². The molecule has 0 aliphatic heterocycles. The zero-order chi connectivity index (χ0) is 14.3. The van der Waals surface area contributed by atoms with E-state index in [1.165, 1.54) is 0 Å². The smallest absolute Gasteiger partial charge is 0.388 e. The minimum atomic E-state index is -2.75. The molecule has 0 amide bonds. The van der Waals surface area contributed by atoms with Crippen molar-refractivity contribution in [1.29, 1.82) is 0 Å². The van der Waals surface area contributed by atoms with E-state index in [1.807, 2.05) is 30.3 Å². The minimum absolute atomic E-state index is 0.197. The highest BCUT2D eigenvalue weighted by molar-refractivity contribution is 6.81. The molecule has 0 aromatic heterocycles. The van der Waals surface area contributed by atoms with Crippen molar-refractivity contribution in [3.63, 3.8) is 0 Å². The molecule has 1 rings (SSSR count). The molecule has 6 heteroatoms. The van der Waals surface area contributed by atoms with Crippen LogP contribution in [0.4, 0.5) is 0 Å². The second-order valence-corrected chi connectivity index (χ2v) is 7.19. The molecule has 0 saturated heterocycles. The van der Waals surface area contributed by atoms with Gasteiger partial charge in [-0.2, -0.15) is 0 Å². The van der Waals surface area contributed by atoms with Crippen LogP contribution in [-0.2, 0) is 18.4 Å². The zero-order valence-electron chi connectivity index (χ0n) is 11.2. The van der Waals surface area contributed by atoms with Gasteiger partial charge in [0, 0.05) is 18.9 Å². The lowest BCUT2D eigenvalue weighted by atomic mass is 10.4. The van der Waals surface area contributed by atoms with E-state index in [2.05, 4.69) is 6.58 Å². The summed E-state index contributed by atoms with van der Waals surface area (Å²) in [6, 6.07) is 9.45. The molecule has 0 aliphatic carbocycles. The summed E-state index contributed by atoms with van der Waals surface area (Å²) in [5, 5.41) is 0.895. The Morgan fingerprint density at radius 3 is 2.47 bits per heavy atom. The van der Waals surface area contributed by atoms with Gasteiger partial charge in [0.05, 0.1) is 0 Å². The summed E-state index contributed by atoms with van der Waals surface area (Å²) in [6.45, 7) is 4.87. The first-order chi connectivity index (χ1) is 9.05. The van der Waals surface area contributed by atoms with Gasteiger partial charge >= 0.3 is 14.5 Å². The highest BCUT2D eigenvalue weighted by Crippen LogP contribution is 2.06. The molecular formula is C13H19NO4Si. The number of carbonyl (C=O) groups excluding carboxylic acids is 1. The summed E-state index contributed by atoms with van der Waals surface area (Å²) in [5.41, 5.74) is 6.10. The lowest BCUT2D eigenvalue weighted by Gasteiger charge is -2.27. The van der Waals surface area contributed by atoms with Gasteiger partial charge in [-0.25, -0.2) is 4.79 Å². The van der Waals surface area contributed by atoms with Crippen LogP contribution in [0.1, 0.15) is 6.92 Å². The molecule has 104 valence electrons. The van der Waals surface area contributed by atoms with E-state index in [-0.39, 0.29) is 13.0 Å². The summed E-state index contributed by atoms with van der Waals surface area (Å²) < 4.78 is 16.1. The zero-order valence-corrected chi connectivity index (χ0v) is 12.2. The summed E-state index contributed by atoms with van der Waals surface area (Å²) >= 11 is 0. The van der Waals surface area contributed by atoms with Crippen molar-refractivity contribution < 1.29 is 18.4 Å². The molecule has 1 atom stereocenters. The Labute approximate surface area is 114 Å². The van der Waals surface area contributed by atoms with Crippen molar-refractivity contribution >= 4 is 19.7 Å². The molecule has 0 aliphatic rings. The highest BCUT2D eigenvalue weighted by Gasteiger charge is 2.38. The first-order valence-electron chi connectivity index (χ1n) is 5.83. The predicted molar refractivity (Wildman–Crippen MR) is 74.8 cm³/mol. The summed E-state index contributed by atoms with van der Waals surface area (Å²) in [5.74, 6) is -0.496. The second kappa shape index (κ2) is 7.20. The monoisotopic (exact) mass is 281 g/mol. The fourth-order valence-corrected chi connectivity index (χ4v) is 3.50. The van der Waals surface area contributed by atoms with E-state index >= 15 is 0 Å². The van der Waals surface area contributed by atoms with Crippen LogP contribution in [0.3, 0.4) is 0 Å². The molecule has 0 fully saturated rings. The van der Waals surface area contributed by atoms with Gasteiger partial charge in [-0.05, 0) is 12.1 Å². The van der Waals surface area contributed by atoms with Crippen molar-refractivity contribution in [2.24, 2.45) is 5.73 Å². The van der Waals surface area contributed by atoms with Crippen LogP contribution in [0.5, 0.6) is 0 Å². The molecule has 19 heavy (non-hydrogen) atoms.